The summed E-state index contributed by atoms with van der Waals surface area (Å²) in [5, 5.41) is 9.34. The Morgan fingerprint density at radius 2 is 0.645 bits per heavy atom. The summed E-state index contributed by atoms with van der Waals surface area (Å²) in [4.78, 5) is 0. The van der Waals surface area contributed by atoms with E-state index in [0.29, 0.717) is 0 Å². The van der Waals surface area contributed by atoms with Crippen molar-refractivity contribution in [2.45, 2.75) is 101 Å². The molecule has 8 aromatic rings. The summed E-state index contributed by atoms with van der Waals surface area (Å²) in [5.74, 6) is 1.95. The van der Waals surface area contributed by atoms with Gasteiger partial charge in [0, 0.05) is 5.33 Å². The third-order valence-electron chi connectivity index (χ3n) is 13.2. The predicted molar refractivity (Wildman–Crippen MR) is 336 cm³/mol. The molecule has 0 aliphatic heterocycles. The van der Waals surface area contributed by atoms with Crippen LogP contribution in [0.15, 0.2) is 256 Å². The standard InChI is InChI=1S/C35H40OP.C18H15P.C17H25BrO.BrH/c1-2-3-4-5-6-7-8-18-29-36-32-27-25-31(26-28-32)30-37(33-19-12-9-13-20-33,34-21-14-10-15-22-34)35-23-16-11-17-24-35;1-4-10-16(11-5-1)19(17-12-6-2-7-13-17)18-14-8-3-9-15-18;1-2-3-4-5-6-7-8-9-14-19-17-12-10-16(15-18)11-13-17;/h2,9-17,19-28H,1,3-8,18,29-30H2;1-15H;2,10-13H,1,3-9,14-15H2;1H/q+1;;;/p-1. The number of benzene rings is 8. The molecule has 8 aromatic carbocycles. The number of allylic oxidation sites excluding steroid dienone is 2. The van der Waals surface area contributed by atoms with Crippen LogP contribution in [0.5, 0.6) is 11.5 Å². The summed E-state index contributed by atoms with van der Waals surface area (Å²) in [5.41, 5.74) is 2.63. The van der Waals surface area contributed by atoms with Gasteiger partial charge in [0.05, 0.1) is 19.4 Å². The van der Waals surface area contributed by atoms with Crippen molar-refractivity contribution in [2.75, 3.05) is 13.2 Å². The minimum atomic E-state index is -1.88. The van der Waals surface area contributed by atoms with E-state index in [0.717, 1.165) is 61.9 Å². The zero-order valence-corrected chi connectivity index (χ0v) is 49.7. The molecule has 8 rings (SSSR count). The highest BCUT2D eigenvalue weighted by Gasteiger charge is 2.45. The van der Waals surface area contributed by atoms with Gasteiger partial charge in [-0.15, -0.1) is 13.2 Å². The Morgan fingerprint density at radius 1 is 0.355 bits per heavy atom. The van der Waals surface area contributed by atoms with Crippen LogP contribution in [0.3, 0.4) is 0 Å². The molecule has 76 heavy (non-hydrogen) atoms. The lowest BCUT2D eigenvalue weighted by Gasteiger charge is -2.28. The maximum absolute atomic E-state index is 6.09. The Kier molecular flexibility index (Phi) is 30.3. The minimum Gasteiger partial charge on any atom is -1.00 e. The summed E-state index contributed by atoms with van der Waals surface area (Å²) < 4.78 is 11.8. The van der Waals surface area contributed by atoms with Crippen LogP contribution in [0.25, 0.3) is 0 Å². The Hall–Kier alpha value is -5.34. The van der Waals surface area contributed by atoms with Gasteiger partial charge >= 0.3 is 0 Å². The Labute approximate surface area is 479 Å². The number of hydrogen-bond donors (Lipinski definition) is 0. The molecule has 0 bridgehead atoms. The summed E-state index contributed by atoms with van der Waals surface area (Å²) >= 11 is 3.44. The summed E-state index contributed by atoms with van der Waals surface area (Å²) in [6, 6.07) is 82.7. The van der Waals surface area contributed by atoms with Gasteiger partial charge in [-0.1, -0.05) is 249 Å². The van der Waals surface area contributed by atoms with Gasteiger partial charge in [-0.05, 0) is 134 Å². The van der Waals surface area contributed by atoms with E-state index in [1.807, 2.05) is 24.3 Å². The molecule has 6 heteroatoms. The molecule has 0 heterocycles. The van der Waals surface area contributed by atoms with E-state index < -0.39 is 15.2 Å². The van der Waals surface area contributed by atoms with Gasteiger partial charge in [-0.25, -0.2) is 0 Å². The molecule has 396 valence electrons. The monoisotopic (exact) mass is 1170 g/mol. The smallest absolute Gasteiger partial charge is 0.119 e. The van der Waals surface area contributed by atoms with E-state index >= 15 is 0 Å². The molecule has 0 aromatic heterocycles. The molecule has 0 amide bonds. The van der Waals surface area contributed by atoms with Crippen molar-refractivity contribution in [3.05, 3.63) is 267 Å². The Bertz CT molecular complexity index is 2500. The predicted octanol–water partition coefficient (Wildman–Crippen LogP) is 14.8. The molecule has 0 radical (unpaired) electrons. The molecule has 0 saturated heterocycles. The number of ether oxygens (including phenoxy) is 2. The third-order valence-corrected chi connectivity index (χ3v) is 20.7. The minimum absolute atomic E-state index is 0. The van der Waals surface area contributed by atoms with E-state index in [-0.39, 0.29) is 17.0 Å². The van der Waals surface area contributed by atoms with Gasteiger partial charge in [-0.2, -0.15) is 0 Å². The van der Waals surface area contributed by atoms with E-state index in [4.69, 9.17) is 9.47 Å². The lowest BCUT2D eigenvalue weighted by Crippen LogP contribution is -3.00. The van der Waals surface area contributed by atoms with E-state index in [2.05, 4.69) is 247 Å². The molecule has 0 fully saturated rings. The van der Waals surface area contributed by atoms with Crippen LogP contribution in [0.1, 0.15) is 101 Å². The van der Waals surface area contributed by atoms with Crippen molar-refractivity contribution >= 4 is 62.9 Å². The molecule has 2 nitrogen and oxygen atoms in total. The van der Waals surface area contributed by atoms with E-state index in [1.165, 1.54) is 107 Å². The second kappa shape index (κ2) is 37.4. The van der Waals surface area contributed by atoms with Crippen LogP contribution in [0.2, 0.25) is 0 Å². The largest absolute Gasteiger partial charge is 1.00 e. The number of hydrogen-bond acceptors (Lipinski definition) is 2. The zero-order chi connectivity index (χ0) is 52.3. The highest BCUT2D eigenvalue weighted by molar-refractivity contribution is 9.08. The summed E-state index contributed by atoms with van der Waals surface area (Å²) in [7, 11) is -2.33. The normalized spacial score (nSPS) is 10.7. The topological polar surface area (TPSA) is 18.5 Å². The van der Waals surface area contributed by atoms with Gasteiger partial charge in [0.2, 0.25) is 0 Å². The van der Waals surface area contributed by atoms with Crippen LogP contribution in [0, 0.1) is 0 Å². The first-order chi connectivity index (χ1) is 37.1. The fourth-order valence-corrected chi connectivity index (χ4v) is 16.1. The average Bonchev–Trinajstić information content (AvgIpc) is 3.50. The molecule has 0 atom stereocenters. The van der Waals surface area contributed by atoms with Crippen LogP contribution in [-0.2, 0) is 11.5 Å². The van der Waals surface area contributed by atoms with Gasteiger partial charge in [0.25, 0.3) is 0 Å². The molecule has 0 spiro atoms. The molecule has 0 saturated carbocycles. The van der Waals surface area contributed by atoms with Crippen molar-refractivity contribution in [3.63, 3.8) is 0 Å². The van der Waals surface area contributed by atoms with Crippen molar-refractivity contribution in [1.29, 1.82) is 0 Å². The van der Waals surface area contributed by atoms with Gasteiger partial charge < -0.3 is 26.5 Å². The molecule has 0 unspecified atom stereocenters. The van der Waals surface area contributed by atoms with Crippen molar-refractivity contribution in [1.82, 2.24) is 0 Å². The molecule has 0 aliphatic carbocycles. The number of unbranched alkanes of at least 4 members (excludes halogenated alkanes) is 12. The molecular weight excluding hydrogens is 1090 g/mol. The number of halogens is 2. The third kappa shape index (κ3) is 21.2. The quantitative estimate of drug-likeness (QED) is 0.0201. The van der Waals surface area contributed by atoms with Crippen LogP contribution >= 0.6 is 31.1 Å². The summed E-state index contributed by atoms with van der Waals surface area (Å²) in [6.07, 6.45) is 22.6. The van der Waals surface area contributed by atoms with Gasteiger partial charge in [-0.3, -0.25) is 0 Å². The first-order valence-corrected chi connectivity index (χ1v) is 31.8. The Balaban J connectivity index is 0.000000230. The van der Waals surface area contributed by atoms with Crippen LogP contribution in [-0.4, -0.2) is 13.2 Å². The molecule has 0 N–H and O–H groups in total. The van der Waals surface area contributed by atoms with Gasteiger partial charge in [0.15, 0.2) is 0 Å². The van der Waals surface area contributed by atoms with Gasteiger partial charge in [0.1, 0.15) is 34.7 Å². The van der Waals surface area contributed by atoms with Crippen LogP contribution < -0.4 is 58.3 Å². The van der Waals surface area contributed by atoms with Crippen molar-refractivity contribution in [2.24, 2.45) is 0 Å². The fourth-order valence-electron chi connectivity index (χ4n) is 9.16. The number of rotatable bonds is 29. The number of alkyl halides is 1. The lowest BCUT2D eigenvalue weighted by atomic mass is 10.1. The SMILES string of the molecule is C=CCCCCCCCCOc1ccc(CBr)cc1.C=CCCCCCCCCOc1ccc(C[P+](c2ccccc2)(c2ccccc2)c2ccccc2)cc1.[Br-].c1ccc(P(c2ccccc2)c2ccccc2)cc1. The second-order valence-electron chi connectivity index (χ2n) is 18.8. The second-order valence-corrected chi connectivity index (χ2v) is 25.1. The maximum Gasteiger partial charge on any atom is 0.119 e. The van der Waals surface area contributed by atoms with E-state index in [9.17, 15) is 0 Å². The maximum atomic E-state index is 6.09. The first-order valence-electron chi connectivity index (χ1n) is 27.4. The van der Waals surface area contributed by atoms with Crippen molar-refractivity contribution < 1.29 is 26.5 Å². The molecular formula is C70H80Br2O2P2. The first kappa shape index (κ1) is 61.5. The van der Waals surface area contributed by atoms with Crippen LogP contribution in [0.4, 0.5) is 0 Å². The average molecular weight is 1180 g/mol. The zero-order valence-electron chi connectivity index (χ0n) is 44.7. The Morgan fingerprint density at radius 3 is 0.961 bits per heavy atom. The fraction of sp³-hybridized carbons (Fsp3) is 0.257. The van der Waals surface area contributed by atoms with Crippen molar-refractivity contribution in [3.8, 4) is 11.5 Å². The lowest BCUT2D eigenvalue weighted by molar-refractivity contribution is -0.0000157. The molecule has 0 aliphatic rings. The van der Waals surface area contributed by atoms with E-state index in [1.54, 1.807) is 0 Å². The summed E-state index contributed by atoms with van der Waals surface area (Å²) in [6.45, 7) is 9.16. The highest BCUT2D eigenvalue weighted by atomic mass is 79.9. The highest BCUT2D eigenvalue weighted by Crippen LogP contribution is 2.58.